The Hall–Kier alpha value is -1.06. The highest BCUT2D eigenvalue weighted by molar-refractivity contribution is 5.52. The van der Waals surface area contributed by atoms with Crippen LogP contribution in [0.5, 0.6) is 0 Å². The molecule has 0 aromatic heterocycles. The first-order valence-corrected chi connectivity index (χ1v) is 5.14. The van der Waals surface area contributed by atoms with Crippen molar-refractivity contribution in [1.29, 1.82) is 0 Å². The summed E-state index contributed by atoms with van der Waals surface area (Å²) in [7, 11) is 1.69. The van der Waals surface area contributed by atoms with E-state index in [1.807, 2.05) is 12.1 Å². The Morgan fingerprint density at radius 3 is 2.60 bits per heavy atom. The van der Waals surface area contributed by atoms with E-state index in [9.17, 15) is 0 Å². The number of nitrogens with two attached hydrogens (primary N) is 1. The lowest BCUT2D eigenvalue weighted by molar-refractivity contribution is 0.153. The maximum atomic E-state index is 5.75. The molecular formula is C12H20N2O. The van der Waals surface area contributed by atoms with Gasteiger partial charge >= 0.3 is 0 Å². The molecule has 3 N–H and O–H groups in total. The minimum absolute atomic E-state index is 0.207. The van der Waals surface area contributed by atoms with Crippen LogP contribution in [0.1, 0.15) is 12.5 Å². The summed E-state index contributed by atoms with van der Waals surface area (Å²) >= 11 is 0. The van der Waals surface area contributed by atoms with Crippen LogP contribution in [0.15, 0.2) is 24.3 Å². The summed E-state index contributed by atoms with van der Waals surface area (Å²) in [5.41, 5.74) is 7.87. The average Bonchev–Trinajstić information content (AvgIpc) is 2.22. The predicted molar refractivity (Wildman–Crippen MR) is 64.1 cm³/mol. The van der Waals surface area contributed by atoms with Gasteiger partial charge in [-0.25, -0.2) is 0 Å². The van der Waals surface area contributed by atoms with Gasteiger partial charge in [0.15, 0.2) is 0 Å². The van der Waals surface area contributed by atoms with Crippen LogP contribution in [0, 0.1) is 6.92 Å². The van der Waals surface area contributed by atoms with Crippen LogP contribution in [0.25, 0.3) is 0 Å². The number of anilines is 1. The molecule has 0 spiro atoms. The highest BCUT2D eigenvalue weighted by Crippen LogP contribution is 2.18. The molecule has 1 aromatic carbocycles. The summed E-state index contributed by atoms with van der Waals surface area (Å²) in [6.45, 7) is 5.27. The normalized spacial score (nSPS) is 14.7. The van der Waals surface area contributed by atoms with Gasteiger partial charge in [0.2, 0.25) is 0 Å². The Morgan fingerprint density at radius 1 is 1.40 bits per heavy atom. The van der Waals surface area contributed by atoms with Gasteiger partial charge < -0.3 is 15.8 Å². The average molecular weight is 208 g/mol. The van der Waals surface area contributed by atoms with E-state index in [4.69, 9.17) is 10.5 Å². The summed E-state index contributed by atoms with van der Waals surface area (Å²) in [5.74, 6) is 0. The highest BCUT2D eigenvalue weighted by Gasteiger charge is 2.22. The Kier molecular flexibility index (Phi) is 4.12. The van der Waals surface area contributed by atoms with E-state index in [1.54, 1.807) is 7.11 Å². The molecule has 1 atom stereocenters. The summed E-state index contributed by atoms with van der Waals surface area (Å²) in [5, 5.41) is 3.42. The minimum Gasteiger partial charge on any atom is -0.382 e. The van der Waals surface area contributed by atoms with Gasteiger partial charge in [-0.2, -0.15) is 0 Å². The van der Waals surface area contributed by atoms with Gasteiger partial charge in [-0.1, -0.05) is 18.2 Å². The van der Waals surface area contributed by atoms with E-state index in [2.05, 4.69) is 31.3 Å². The van der Waals surface area contributed by atoms with E-state index in [1.165, 1.54) is 5.56 Å². The zero-order valence-electron chi connectivity index (χ0n) is 9.71. The molecule has 3 heteroatoms. The number of nitrogens with one attached hydrogen (secondary N) is 1. The van der Waals surface area contributed by atoms with Crippen molar-refractivity contribution in [2.24, 2.45) is 5.73 Å². The number of hydrogen-bond donors (Lipinski definition) is 2. The molecule has 1 unspecified atom stereocenters. The molecule has 1 rings (SSSR count). The number of hydrogen-bond acceptors (Lipinski definition) is 3. The third-order valence-electron chi connectivity index (χ3n) is 2.49. The van der Waals surface area contributed by atoms with Crippen LogP contribution in [0.2, 0.25) is 0 Å². The molecule has 0 aliphatic heterocycles. The number of rotatable bonds is 5. The van der Waals surface area contributed by atoms with Crippen LogP contribution in [-0.4, -0.2) is 25.8 Å². The third kappa shape index (κ3) is 3.22. The maximum Gasteiger partial charge on any atom is 0.0702 e. The van der Waals surface area contributed by atoms with Crippen molar-refractivity contribution >= 4 is 5.69 Å². The summed E-state index contributed by atoms with van der Waals surface area (Å²) in [4.78, 5) is 0. The smallest absolute Gasteiger partial charge is 0.0702 e. The Morgan fingerprint density at radius 2 is 2.07 bits per heavy atom. The highest BCUT2D eigenvalue weighted by atomic mass is 16.5. The van der Waals surface area contributed by atoms with Gasteiger partial charge in [-0.15, -0.1) is 0 Å². The van der Waals surface area contributed by atoms with Crippen LogP contribution in [0.3, 0.4) is 0 Å². The SMILES string of the molecule is COCC(C)(CN)Nc1ccccc1C. The van der Waals surface area contributed by atoms with E-state index < -0.39 is 0 Å². The third-order valence-corrected chi connectivity index (χ3v) is 2.49. The van der Waals surface area contributed by atoms with Gasteiger partial charge in [0, 0.05) is 19.3 Å². The van der Waals surface area contributed by atoms with Crippen LogP contribution in [0.4, 0.5) is 5.69 Å². The number of methoxy groups -OCH3 is 1. The van der Waals surface area contributed by atoms with Gasteiger partial charge in [-0.05, 0) is 25.5 Å². The first kappa shape index (κ1) is 12.0. The molecule has 0 bridgehead atoms. The van der Waals surface area contributed by atoms with Crippen LogP contribution < -0.4 is 11.1 Å². The Balaban J connectivity index is 2.79. The van der Waals surface area contributed by atoms with Crippen molar-refractivity contribution in [2.75, 3.05) is 25.6 Å². The molecule has 0 saturated carbocycles. The first-order chi connectivity index (χ1) is 7.11. The monoisotopic (exact) mass is 208 g/mol. The molecular weight excluding hydrogens is 188 g/mol. The molecule has 0 heterocycles. The zero-order valence-corrected chi connectivity index (χ0v) is 9.71. The standard InChI is InChI=1S/C12H20N2O/c1-10-6-4-5-7-11(10)14-12(2,8-13)9-15-3/h4-7,14H,8-9,13H2,1-3H3. The van der Waals surface area contributed by atoms with Crippen molar-refractivity contribution in [3.05, 3.63) is 29.8 Å². The summed E-state index contributed by atoms with van der Waals surface area (Å²) in [6.07, 6.45) is 0. The Bertz CT molecular complexity index is 314. The van der Waals surface area contributed by atoms with E-state index in [0.29, 0.717) is 13.2 Å². The van der Waals surface area contributed by atoms with Gasteiger partial charge in [0.1, 0.15) is 0 Å². The number of benzene rings is 1. The number of para-hydroxylation sites is 1. The Labute approximate surface area is 91.6 Å². The fourth-order valence-electron chi connectivity index (χ4n) is 1.50. The number of aryl methyl sites for hydroxylation is 1. The topological polar surface area (TPSA) is 47.3 Å². The molecule has 1 aromatic rings. The lowest BCUT2D eigenvalue weighted by atomic mass is 10.0. The fourth-order valence-corrected chi connectivity index (χ4v) is 1.50. The zero-order chi connectivity index (χ0) is 11.3. The van der Waals surface area contributed by atoms with Crippen molar-refractivity contribution < 1.29 is 4.74 Å². The molecule has 0 aliphatic carbocycles. The summed E-state index contributed by atoms with van der Waals surface area (Å²) < 4.78 is 5.17. The second-order valence-electron chi connectivity index (χ2n) is 4.14. The lowest BCUT2D eigenvalue weighted by Crippen LogP contribution is -2.46. The molecule has 84 valence electrons. The second-order valence-corrected chi connectivity index (χ2v) is 4.14. The van der Waals surface area contributed by atoms with Crippen molar-refractivity contribution in [2.45, 2.75) is 19.4 Å². The first-order valence-electron chi connectivity index (χ1n) is 5.14. The lowest BCUT2D eigenvalue weighted by Gasteiger charge is -2.30. The van der Waals surface area contributed by atoms with Crippen molar-refractivity contribution in [3.8, 4) is 0 Å². The maximum absolute atomic E-state index is 5.75. The van der Waals surface area contributed by atoms with E-state index in [-0.39, 0.29) is 5.54 Å². The van der Waals surface area contributed by atoms with E-state index >= 15 is 0 Å². The van der Waals surface area contributed by atoms with Crippen molar-refractivity contribution in [1.82, 2.24) is 0 Å². The largest absolute Gasteiger partial charge is 0.382 e. The van der Waals surface area contributed by atoms with E-state index in [0.717, 1.165) is 5.69 Å². The van der Waals surface area contributed by atoms with Crippen LogP contribution in [-0.2, 0) is 4.74 Å². The number of ether oxygens (including phenoxy) is 1. The molecule has 0 radical (unpaired) electrons. The molecule has 0 aliphatic rings. The summed E-state index contributed by atoms with van der Waals surface area (Å²) in [6, 6.07) is 8.17. The second kappa shape index (κ2) is 5.14. The van der Waals surface area contributed by atoms with Gasteiger partial charge in [0.05, 0.1) is 12.1 Å². The van der Waals surface area contributed by atoms with Crippen molar-refractivity contribution in [3.63, 3.8) is 0 Å². The molecule has 0 saturated heterocycles. The minimum atomic E-state index is -0.207. The molecule has 15 heavy (non-hydrogen) atoms. The molecule has 3 nitrogen and oxygen atoms in total. The van der Waals surface area contributed by atoms with Crippen LogP contribution >= 0.6 is 0 Å². The molecule has 0 amide bonds. The quantitative estimate of drug-likeness (QED) is 0.775. The fraction of sp³-hybridized carbons (Fsp3) is 0.500. The molecule has 0 fully saturated rings. The van der Waals surface area contributed by atoms with Gasteiger partial charge in [0.25, 0.3) is 0 Å². The predicted octanol–water partition coefficient (Wildman–Crippen LogP) is 1.77. The van der Waals surface area contributed by atoms with Gasteiger partial charge in [-0.3, -0.25) is 0 Å².